The average Bonchev–Trinajstić information content (AvgIpc) is 2.83. The summed E-state index contributed by atoms with van der Waals surface area (Å²) in [6.07, 6.45) is 1.24. The van der Waals surface area contributed by atoms with Crippen LogP contribution < -0.4 is 5.32 Å². The lowest BCUT2D eigenvalue weighted by Crippen LogP contribution is -2.21. The summed E-state index contributed by atoms with van der Waals surface area (Å²) in [6.45, 7) is 6.56. The number of aliphatic hydroxyl groups is 1. The van der Waals surface area contributed by atoms with E-state index in [0.717, 1.165) is 13.1 Å². The van der Waals surface area contributed by atoms with E-state index >= 15 is 0 Å². The Kier molecular flexibility index (Phi) is 3.31. The Morgan fingerprint density at radius 1 is 1.31 bits per heavy atom. The lowest BCUT2D eigenvalue weighted by atomic mass is 9.84. The molecule has 2 N–H and O–H groups in total. The zero-order chi connectivity index (χ0) is 11.6. The van der Waals surface area contributed by atoms with Crippen LogP contribution in [0.3, 0.4) is 0 Å². The first-order valence-electron chi connectivity index (χ1n) is 6.05. The summed E-state index contributed by atoms with van der Waals surface area (Å²) in [7, 11) is 0. The Hall–Kier alpha value is -0.860. The smallest absolute Gasteiger partial charge is 0.0522 e. The first kappa shape index (κ1) is 11.6. The second kappa shape index (κ2) is 4.56. The molecule has 2 rings (SSSR count). The zero-order valence-corrected chi connectivity index (χ0v) is 10.2. The molecular weight excluding hydrogens is 198 g/mol. The first-order valence-corrected chi connectivity index (χ1v) is 6.05. The predicted molar refractivity (Wildman–Crippen MR) is 66.8 cm³/mol. The van der Waals surface area contributed by atoms with E-state index in [0.29, 0.717) is 5.92 Å². The van der Waals surface area contributed by atoms with Gasteiger partial charge in [-0.15, -0.1) is 0 Å². The van der Waals surface area contributed by atoms with Gasteiger partial charge in [-0.2, -0.15) is 0 Å². The van der Waals surface area contributed by atoms with Gasteiger partial charge in [0.1, 0.15) is 0 Å². The molecule has 1 fully saturated rings. The average molecular weight is 219 g/mol. The van der Waals surface area contributed by atoms with Crippen LogP contribution in [-0.4, -0.2) is 24.8 Å². The monoisotopic (exact) mass is 219 g/mol. The molecule has 2 nitrogen and oxygen atoms in total. The topological polar surface area (TPSA) is 32.3 Å². The van der Waals surface area contributed by atoms with E-state index in [1.54, 1.807) is 0 Å². The zero-order valence-electron chi connectivity index (χ0n) is 10.2. The molecule has 1 atom stereocenters. The summed E-state index contributed by atoms with van der Waals surface area (Å²) in [5.41, 5.74) is 2.50. The highest BCUT2D eigenvalue weighted by atomic mass is 16.3. The van der Waals surface area contributed by atoms with Crippen molar-refractivity contribution < 1.29 is 5.11 Å². The maximum Gasteiger partial charge on any atom is 0.0522 e. The molecule has 16 heavy (non-hydrogen) atoms. The van der Waals surface area contributed by atoms with Crippen LogP contribution in [0.15, 0.2) is 24.3 Å². The minimum Gasteiger partial charge on any atom is -0.395 e. The fourth-order valence-electron chi connectivity index (χ4n) is 2.24. The largest absolute Gasteiger partial charge is 0.395 e. The van der Waals surface area contributed by atoms with Crippen LogP contribution in [-0.2, 0) is 5.41 Å². The molecule has 88 valence electrons. The van der Waals surface area contributed by atoms with Gasteiger partial charge in [-0.05, 0) is 30.0 Å². The molecule has 1 aliphatic rings. The molecule has 0 aromatic heterocycles. The molecule has 0 saturated carbocycles. The van der Waals surface area contributed by atoms with Crippen molar-refractivity contribution in [2.24, 2.45) is 0 Å². The number of hydrogen-bond acceptors (Lipinski definition) is 2. The highest BCUT2D eigenvalue weighted by Crippen LogP contribution is 2.27. The van der Waals surface area contributed by atoms with Crippen molar-refractivity contribution in [3.63, 3.8) is 0 Å². The van der Waals surface area contributed by atoms with Crippen molar-refractivity contribution in [2.75, 3.05) is 19.7 Å². The standard InChI is InChI=1S/C14H21NO/c1-14(2,10-16)13-5-3-11(4-6-13)12-7-8-15-9-12/h3-6,12,15-16H,7-10H2,1-2H3. The predicted octanol–water partition coefficient (Wildman–Crippen LogP) is 2.03. The van der Waals surface area contributed by atoms with Crippen LogP contribution in [0.25, 0.3) is 0 Å². The minimum atomic E-state index is -0.132. The van der Waals surface area contributed by atoms with E-state index in [9.17, 15) is 5.11 Å². The van der Waals surface area contributed by atoms with Crippen LogP contribution in [0.2, 0.25) is 0 Å². The molecule has 0 amide bonds. The molecule has 1 heterocycles. The molecule has 2 heteroatoms. The number of nitrogens with one attached hydrogen (secondary N) is 1. The SMILES string of the molecule is CC(C)(CO)c1ccc(C2CCNC2)cc1. The number of aliphatic hydroxyl groups excluding tert-OH is 1. The van der Waals surface area contributed by atoms with Gasteiger partial charge in [0.05, 0.1) is 6.61 Å². The molecule has 1 aliphatic heterocycles. The van der Waals surface area contributed by atoms with Crippen LogP contribution in [0, 0.1) is 0 Å². The quantitative estimate of drug-likeness (QED) is 0.815. The lowest BCUT2D eigenvalue weighted by Gasteiger charge is -2.22. The van der Waals surface area contributed by atoms with E-state index < -0.39 is 0 Å². The summed E-state index contributed by atoms with van der Waals surface area (Å²) < 4.78 is 0. The summed E-state index contributed by atoms with van der Waals surface area (Å²) in [4.78, 5) is 0. The van der Waals surface area contributed by atoms with E-state index in [1.807, 2.05) is 0 Å². The van der Waals surface area contributed by atoms with Crippen LogP contribution in [0.1, 0.15) is 37.3 Å². The Bertz CT molecular complexity index is 336. The van der Waals surface area contributed by atoms with Crippen molar-refractivity contribution in [3.05, 3.63) is 35.4 Å². The van der Waals surface area contributed by atoms with Crippen LogP contribution >= 0.6 is 0 Å². The van der Waals surface area contributed by atoms with E-state index in [4.69, 9.17) is 0 Å². The van der Waals surface area contributed by atoms with Crippen molar-refractivity contribution >= 4 is 0 Å². The van der Waals surface area contributed by atoms with E-state index in [-0.39, 0.29) is 12.0 Å². The third kappa shape index (κ3) is 2.28. The Morgan fingerprint density at radius 3 is 2.50 bits per heavy atom. The van der Waals surface area contributed by atoms with E-state index in [1.165, 1.54) is 17.5 Å². The van der Waals surface area contributed by atoms with E-state index in [2.05, 4.69) is 43.4 Å². The third-order valence-corrected chi connectivity index (χ3v) is 3.62. The maximum atomic E-state index is 9.32. The van der Waals surface area contributed by atoms with Crippen molar-refractivity contribution in [2.45, 2.75) is 31.6 Å². The molecule has 0 spiro atoms. The minimum absolute atomic E-state index is 0.132. The summed E-state index contributed by atoms with van der Waals surface area (Å²) >= 11 is 0. The molecule has 0 bridgehead atoms. The van der Waals surface area contributed by atoms with Gasteiger partial charge < -0.3 is 10.4 Å². The second-order valence-corrected chi connectivity index (χ2v) is 5.35. The highest BCUT2D eigenvalue weighted by Gasteiger charge is 2.21. The highest BCUT2D eigenvalue weighted by molar-refractivity contribution is 5.30. The molecular formula is C14H21NO. The molecule has 0 radical (unpaired) electrons. The Morgan fingerprint density at radius 2 is 2.00 bits per heavy atom. The molecule has 1 unspecified atom stereocenters. The molecule has 1 aromatic carbocycles. The third-order valence-electron chi connectivity index (χ3n) is 3.62. The van der Waals surface area contributed by atoms with Crippen molar-refractivity contribution in [3.8, 4) is 0 Å². The van der Waals surface area contributed by atoms with Gasteiger partial charge in [0.2, 0.25) is 0 Å². The van der Waals surface area contributed by atoms with Crippen LogP contribution in [0.4, 0.5) is 0 Å². The van der Waals surface area contributed by atoms with Gasteiger partial charge in [0.15, 0.2) is 0 Å². The van der Waals surface area contributed by atoms with Gasteiger partial charge in [-0.3, -0.25) is 0 Å². The lowest BCUT2D eigenvalue weighted by molar-refractivity contribution is 0.218. The second-order valence-electron chi connectivity index (χ2n) is 5.35. The summed E-state index contributed by atoms with van der Waals surface area (Å²) in [5.74, 6) is 0.672. The van der Waals surface area contributed by atoms with Crippen LogP contribution in [0.5, 0.6) is 0 Å². The van der Waals surface area contributed by atoms with Crippen molar-refractivity contribution in [1.29, 1.82) is 0 Å². The normalized spacial score (nSPS) is 21.3. The van der Waals surface area contributed by atoms with Gasteiger partial charge in [0.25, 0.3) is 0 Å². The van der Waals surface area contributed by atoms with Crippen molar-refractivity contribution in [1.82, 2.24) is 5.32 Å². The van der Waals surface area contributed by atoms with Gasteiger partial charge in [-0.25, -0.2) is 0 Å². The maximum absolute atomic E-state index is 9.32. The van der Waals surface area contributed by atoms with Gasteiger partial charge in [0, 0.05) is 12.0 Å². The summed E-state index contributed by atoms with van der Waals surface area (Å²) in [5, 5.41) is 12.7. The number of rotatable bonds is 3. The molecule has 0 aliphatic carbocycles. The number of hydrogen-bond donors (Lipinski definition) is 2. The van der Waals surface area contributed by atoms with Gasteiger partial charge in [-0.1, -0.05) is 38.1 Å². The van der Waals surface area contributed by atoms with Gasteiger partial charge >= 0.3 is 0 Å². The molecule has 1 saturated heterocycles. The Labute approximate surface area is 97.7 Å². The molecule has 1 aromatic rings. The summed E-state index contributed by atoms with van der Waals surface area (Å²) in [6, 6.07) is 8.74. The number of benzene rings is 1. The first-order chi connectivity index (χ1) is 7.63. The fourth-order valence-corrected chi connectivity index (χ4v) is 2.24. The fraction of sp³-hybridized carbons (Fsp3) is 0.571. The Balaban J connectivity index is 2.15.